The van der Waals surface area contributed by atoms with E-state index in [1.807, 2.05) is 17.5 Å². The molecule has 0 spiro atoms. The predicted molar refractivity (Wildman–Crippen MR) is 352 cm³/mol. The van der Waals surface area contributed by atoms with Crippen molar-refractivity contribution in [2.75, 3.05) is 16.5 Å². The summed E-state index contributed by atoms with van der Waals surface area (Å²) in [7, 11) is 0. The fourth-order valence-corrected chi connectivity index (χ4v) is 14.9. The summed E-state index contributed by atoms with van der Waals surface area (Å²) in [6.07, 6.45) is 1.96. The Morgan fingerprint density at radius 1 is 0.512 bits per heavy atom. The lowest BCUT2D eigenvalue weighted by molar-refractivity contribution is 0.483. The van der Waals surface area contributed by atoms with Gasteiger partial charge in [0.25, 0.3) is 0 Å². The molecule has 1 aliphatic heterocycles. The summed E-state index contributed by atoms with van der Waals surface area (Å²) in [5.41, 5.74) is 25.7. The molecule has 0 unspecified atom stereocenters. The van der Waals surface area contributed by atoms with Crippen LogP contribution in [0.3, 0.4) is 0 Å². The summed E-state index contributed by atoms with van der Waals surface area (Å²) in [5.74, 6) is 3.02. The molecule has 82 heavy (non-hydrogen) atoms. The van der Waals surface area contributed by atoms with Gasteiger partial charge in [0.05, 0.1) is 28.1 Å². The summed E-state index contributed by atoms with van der Waals surface area (Å²) in [5, 5.41) is 4.97. The Balaban J connectivity index is 1.02. The van der Waals surface area contributed by atoms with Crippen molar-refractivity contribution < 1.29 is 4.74 Å². The summed E-state index contributed by atoms with van der Waals surface area (Å²) in [6.45, 7) is 30.2. The first-order valence-corrected chi connectivity index (χ1v) is 30.0. The molecule has 12 aromatic rings. The van der Waals surface area contributed by atoms with Crippen LogP contribution in [-0.2, 0) is 5.41 Å². The van der Waals surface area contributed by atoms with E-state index in [0.29, 0.717) is 18.5 Å². The van der Waals surface area contributed by atoms with Crippen LogP contribution < -0.4 is 14.5 Å². The van der Waals surface area contributed by atoms with Crippen molar-refractivity contribution in [2.24, 2.45) is 0 Å². The van der Waals surface area contributed by atoms with E-state index in [1.165, 1.54) is 115 Å². The van der Waals surface area contributed by atoms with Crippen LogP contribution in [-0.4, -0.2) is 16.2 Å². The van der Waals surface area contributed by atoms with E-state index in [0.717, 1.165) is 51.0 Å². The Morgan fingerprint density at radius 3 is 1.74 bits per heavy atom. The molecule has 408 valence electrons. The number of hydrogen-bond donors (Lipinski definition) is 0. The minimum Gasteiger partial charge on any atom is -0.457 e. The van der Waals surface area contributed by atoms with E-state index >= 15 is 0 Å². The maximum atomic E-state index is 7.40. The van der Waals surface area contributed by atoms with Gasteiger partial charge in [-0.3, -0.25) is 4.57 Å². The van der Waals surface area contributed by atoms with Gasteiger partial charge in [0, 0.05) is 66.1 Å². The second-order valence-electron chi connectivity index (χ2n) is 24.8. The van der Waals surface area contributed by atoms with Crippen molar-refractivity contribution in [1.29, 1.82) is 0 Å². The zero-order valence-corrected chi connectivity index (χ0v) is 50.5. The molecule has 5 nitrogen and oxygen atoms in total. The summed E-state index contributed by atoms with van der Waals surface area (Å²) in [6, 6.07) is 63.6. The normalized spacial score (nSPS) is 12.8. The van der Waals surface area contributed by atoms with Gasteiger partial charge in [0.2, 0.25) is 0 Å². The number of para-hydroxylation sites is 3. The molecule has 0 saturated carbocycles. The van der Waals surface area contributed by atoms with E-state index in [2.05, 4.69) is 274 Å². The molecule has 3 aromatic heterocycles. The smallest absolute Gasteiger partial charge is 0.137 e. The second kappa shape index (κ2) is 20.2. The number of nitrogens with zero attached hydrogens (tertiary/aromatic N) is 4. The number of pyridine rings is 1. The molecule has 0 fully saturated rings. The second-order valence-corrected chi connectivity index (χ2v) is 25.8. The van der Waals surface area contributed by atoms with Crippen molar-refractivity contribution in [1.82, 2.24) is 9.55 Å². The molecule has 0 N–H and O–H groups in total. The van der Waals surface area contributed by atoms with Gasteiger partial charge in [-0.15, -0.1) is 11.3 Å². The van der Waals surface area contributed by atoms with Crippen LogP contribution in [0, 0.1) is 41.5 Å². The molecular weight excluding hydrogens is 1020 g/mol. The van der Waals surface area contributed by atoms with Gasteiger partial charge >= 0.3 is 0 Å². The largest absolute Gasteiger partial charge is 0.457 e. The van der Waals surface area contributed by atoms with Crippen LogP contribution in [0.5, 0.6) is 11.5 Å². The van der Waals surface area contributed by atoms with E-state index in [9.17, 15) is 0 Å². The molecule has 0 atom stereocenters. The predicted octanol–water partition coefficient (Wildman–Crippen LogP) is 22.0. The fourth-order valence-electron chi connectivity index (χ4n) is 13.6. The van der Waals surface area contributed by atoms with Crippen LogP contribution >= 0.6 is 11.3 Å². The summed E-state index contributed by atoms with van der Waals surface area (Å²) >= 11 is 1.87. The van der Waals surface area contributed by atoms with Crippen molar-refractivity contribution in [3.05, 3.63) is 226 Å². The highest BCUT2D eigenvalue weighted by Crippen LogP contribution is 2.53. The molecule has 0 amide bonds. The first kappa shape index (κ1) is 52.9. The molecule has 0 aliphatic carbocycles. The van der Waals surface area contributed by atoms with Crippen molar-refractivity contribution in [3.63, 3.8) is 0 Å². The molecule has 6 heteroatoms. The van der Waals surface area contributed by atoms with Crippen molar-refractivity contribution in [3.8, 4) is 50.7 Å². The zero-order valence-electron chi connectivity index (χ0n) is 49.7. The number of ether oxygens (including phenoxy) is 1. The molecule has 0 saturated heterocycles. The van der Waals surface area contributed by atoms with Crippen LogP contribution in [0.4, 0.5) is 22.7 Å². The zero-order chi connectivity index (χ0) is 57.0. The number of hydrogen-bond acceptors (Lipinski definition) is 5. The fraction of sp³-hybridized carbons (Fsp3) is 0.224. The standard InChI is InChI=1S/C76H72N4OS/c1-44(2)57-21-18-22-58(45(3)4)72(57)52-38-54(78-43-79(65-26-16-15-25-64(65)78)74-62(70-48(7)34-46(5)35-49(70)8)23-19-24-63(74)71-50(9)36-47(6)37-51(71)10)41-56(39-52)81-55-28-29-61-67(42-55)80(69-40-53(32-33-77-69)76(11,12)13)66-31-30-60-59-20-14-17-27-68(59)82-75(60)73(61)66/h14-42,44-45H,43H2,1-13H3. The first-order chi connectivity index (χ1) is 39.4. The number of benzene rings is 9. The molecule has 1 aliphatic rings. The first-order valence-electron chi connectivity index (χ1n) is 29.2. The lowest BCUT2D eigenvalue weighted by Gasteiger charge is -2.29. The number of aryl methyl sites for hydroxylation is 6. The highest BCUT2D eigenvalue weighted by Gasteiger charge is 2.34. The van der Waals surface area contributed by atoms with Crippen LogP contribution in [0.25, 0.3) is 81.2 Å². The topological polar surface area (TPSA) is 33.5 Å². The Morgan fingerprint density at radius 2 is 1.11 bits per heavy atom. The molecule has 4 heterocycles. The minimum absolute atomic E-state index is 0.0628. The average Bonchev–Trinajstić information content (AvgIpc) is 2.36. The molecular formula is C76H72N4OS. The van der Waals surface area contributed by atoms with Crippen LogP contribution in [0.2, 0.25) is 0 Å². The molecule has 13 rings (SSSR count). The maximum Gasteiger partial charge on any atom is 0.137 e. The average molecular weight is 1090 g/mol. The lowest BCUT2D eigenvalue weighted by atomic mass is 9.85. The Kier molecular flexibility index (Phi) is 13.0. The van der Waals surface area contributed by atoms with Gasteiger partial charge in [-0.1, -0.05) is 157 Å². The van der Waals surface area contributed by atoms with Gasteiger partial charge in [-0.2, -0.15) is 0 Å². The SMILES string of the molecule is Cc1cc(C)c(-c2cccc(-c3c(C)cc(C)cc3C)c2N2CN(c3cc(Oc4ccc5c6c7sc8ccccc8c7ccc6n(-c6cc(C(C)(C)C)ccn6)c5c4)cc(-c4c(C(C)C)cccc4C(C)C)c3)c3ccccc32)c(C)c1. The number of aromatic nitrogens is 2. The summed E-state index contributed by atoms with van der Waals surface area (Å²) < 4.78 is 12.3. The Hall–Kier alpha value is -8.45. The van der Waals surface area contributed by atoms with Gasteiger partial charge in [0.1, 0.15) is 24.0 Å². The minimum atomic E-state index is -0.0628. The molecule has 0 radical (unpaired) electrons. The maximum absolute atomic E-state index is 7.40. The number of anilines is 4. The number of rotatable bonds is 10. The van der Waals surface area contributed by atoms with Crippen molar-refractivity contribution in [2.45, 2.75) is 107 Å². The van der Waals surface area contributed by atoms with E-state index in [1.54, 1.807) is 0 Å². The summed E-state index contributed by atoms with van der Waals surface area (Å²) in [4.78, 5) is 10.2. The third-order valence-electron chi connectivity index (χ3n) is 17.1. The number of thiophene rings is 1. The quantitative estimate of drug-likeness (QED) is 0.137. The van der Waals surface area contributed by atoms with Gasteiger partial charge in [-0.05, 0) is 181 Å². The van der Waals surface area contributed by atoms with E-state index in [-0.39, 0.29) is 5.41 Å². The third kappa shape index (κ3) is 8.94. The van der Waals surface area contributed by atoms with Gasteiger partial charge in [-0.25, -0.2) is 4.98 Å². The number of fused-ring (bicyclic) bond motifs is 8. The highest BCUT2D eigenvalue weighted by atomic mass is 32.1. The van der Waals surface area contributed by atoms with Gasteiger partial charge in [0.15, 0.2) is 0 Å². The molecule has 9 aromatic carbocycles. The van der Waals surface area contributed by atoms with Crippen LogP contribution in [0.15, 0.2) is 176 Å². The van der Waals surface area contributed by atoms with Crippen LogP contribution in [0.1, 0.15) is 110 Å². The monoisotopic (exact) mass is 1090 g/mol. The van der Waals surface area contributed by atoms with Gasteiger partial charge < -0.3 is 14.5 Å². The molecule has 0 bridgehead atoms. The Labute approximate surface area is 488 Å². The third-order valence-corrected chi connectivity index (χ3v) is 18.3. The van der Waals surface area contributed by atoms with Crippen molar-refractivity contribution >= 4 is 76.1 Å². The highest BCUT2D eigenvalue weighted by molar-refractivity contribution is 7.26. The van der Waals surface area contributed by atoms with E-state index < -0.39 is 0 Å². The Bertz CT molecular complexity index is 4400. The lowest BCUT2D eigenvalue weighted by Crippen LogP contribution is -2.25. The van der Waals surface area contributed by atoms with E-state index in [4.69, 9.17) is 9.72 Å².